The van der Waals surface area contributed by atoms with Gasteiger partial charge in [0.15, 0.2) is 0 Å². The van der Waals surface area contributed by atoms with E-state index in [4.69, 9.17) is 15.2 Å². The van der Waals surface area contributed by atoms with Gasteiger partial charge < -0.3 is 15.2 Å². The van der Waals surface area contributed by atoms with Crippen molar-refractivity contribution < 1.29 is 14.3 Å². The molecule has 24 heavy (non-hydrogen) atoms. The first-order valence-corrected chi connectivity index (χ1v) is 9.54. The highest BCUT2D eigenvalue weighted by atomic mass is 16.5. The number of morpholine rings is 1. The van der Waals surface area contributed by atoms with Crippen molar-refractivity contribution in [3.63, 3.8) is 0 Å². The third-order valence-electron chi connectivity index (χ3n) is 7.91. The number of carbonyl (C=O) groups excluding carboxylic acids is 1. The highest BCUT2D eigenvalue weighted by Crippen LogP contribution is 2.72. The zero-order valence-corrected chi connectivity index (χ0v) is 15.8. The van der Waals surface area contributed by atoms with E-state index in [1.807, 2.05) is 6.92 Å². The fourth-order valence-corrected chi connectivity index (χ4v) is 6.25. The first-order valence-electron chi connectivity index (χ1n) is 9.54. The summed E-state index contributed by atoms with van der Waals surface area (Å²) >= 11 is 0. The Morgan fingerprint density at radius 1 is 1.33 bits per heavy atom. The van der Waals surface area contributed by atoms with Crippen LogP contribution < -0.4 is 5.73 Å². The van der Waals surface area contributed by atoms with Gasteiger partial charge in [0.25, 0.3) is 0 Å². The summed E-state index contributed by atoms with van der Waals surface area (Å²) in [5, 5.41) is 0. The molecule has 0 amide bonds. The van der Waals surface area contributed by atoms with Gasteiger partial charge >= 0.3 is 5.97 Å². The van der Waals surface area contributed by atoms with Crippen LogP contribution in [0.25, 0.3) is 0 Å². The standard InChI is InChI=1S/C19H34N2O3/c1-5-24-16(22)15(13-20)19(21-8-10-23-11-9-21)12-14-6-7-18(19,4)17(14,2)3/h14-15H,5-13,20H2,1-4H3/t14-,15+,18+,19-/m0/s1. The van der Waals surface area contributed by atoms with Crippen LogP contribution in [0, 0.1) is 22.7 Å². The van der Waals surface area contributed by atoms with Gasteiger partial charge in [-0.3, -0.25) is 9.69 Å². The first-order chi connectivity index (χ1) is 11.3. The summed E-state index contributed by atoms with van der Waals surface area (Å²) in [7, 11) is 0. The zero-order chi connectivity index (χ0) is 17.6. The largest absolute Gasteiger partial charge is 0.466 e. The normalized spacial score (nSPS) is 39.8. The number of carbonyl (C=O) groups is 1. The van der Waals surface area contributed by atoms with Gasteiger partial charge in [0.2, 0.25) is 0 Å². The molecule has 2 aliphatic carbocycles. The Morgan fingerprint density at radius 3 is 2.46 bits per heavy atom. The second-order valence-corrected chi connectivity index (χ2v) is 8.56. The fourth-order valence-electron chi connectivity index (χ4n) is 6.25. The van der Waals surface area contributed by atoms with Crippen molar-refractivity contribution in [2.24, 2.45) is 28.4 Å². The molecule has 5 heteroatoms. The van der Waals surface area contributed by atoms with Crippen molar-refractivity contribution in [1.29, 1.82) is 0 Å². The van der Waals surface area contributed by atoms with Crippen LogP contribution in [0.2, 0.25) is 0 Å². The lowest BCUT2D eigenvalue weighted by Gasteiger charge is -2.58. The van der Waals surface area contributed by atoms with Gasteiger partial charge in [-0.1, -0.05) is 20.8 Å². The molecule has 5 nitrogen and oxygen atoms in total. The van der Waals surface area contributed by atoms with Crippen LogP contribution in [0.15, 0.2) is 0 Å². The summed E-state index contributed by atoms with van der Waals surface area (Å²) < 4.78 is 11.1. The van der Waals surface area contributed by atoms with Gasteiger partial charge in [0, 0.05) is 25.2 Å². The van der Waals surface area contributed by atoms with Gasteiger partial charge in [-0.05, 0) is 42.9 Å². The second kappa shape index (κ2) is 6.26. The van der Waals surface area contributed by atoms with Crippen molar-refractivity contribution in [3.8, 4) is 0 Å². The van der Waals surface area contributed by atoms with Crippen LogP contribution in [0.1, 0.15) is 47.0 Å². The van der Waals surface area contributed by atoms with E-state index in [0.29, 0.717) is 19.1 Å². The van der Waals surface area contributed by atoms with E-state index in [2.05, 4.69) is 25.7 Å². The topological polar surface area (TPSA) is 64.8 Å². The summed E-state index contributed by atoms with van der Waals surface area (Å²) in [5.41, 5.74) is 6.27. The number of fused-ring (bicyclic) bond motifs is 2. The molecule has 0 unspecified atom stereocenters. The zero-order valence-electron chi connectivity index (χ0n) is 15.8. The Hall–Kier alpha value is -0.650. The van der Waals surface area contributed by atoms with Gasteiger partial charge in [0.1, 0.15) is 0 Å². The van der Waals surface area contributed by atoms with E-state index in [9.17, 15) is 4.79 Å². The molecular formula is C19H34N2O3. The van der Waals surface area contributed by atoms with Crippen LogP contribution in [0.4, 0.5) is 0 Å². The van der Waals surface area contributed by atoms with E-state index >= 15 is 0 Å². The summed E-state index contributed by atoms with van der Waals surface area (Å²) in [4.78, 5) is 15.4. The summed E-state index contributed by atoms with van der Waals surface area (Å²) in [6.07, 6.45) is 3.48. The van der Waals surface area contributed by atoms with Crippen LogP contribution in [0.3, 0.4) is 0 Å². The maximum atomic E-state index is 12.9. The average molecular weight is 338 g/mol. The molecule has 1 saturated heterocycles. The lowest BCUT2D eigenvalue weighted by atomic mass is 9.57. The minimum absolute atomic E-state index is 0.0683. The van der Waals surface area contributed by atoms with Crippen LogP contribution >= 0.6 is 0 Å². The Bertz CT molecular complexity index is 489. The Morgan fingerprint density at radius 2 is 2.00 bits per heavy atom. The van der Waals surface area contributed by atoms with Crippen LogP contribution in [-0.2, 0) is 14.3 Å². The van der Waals surface area contributed by atoms with Gasteiger partial charge in [-0.2, -0.15) is 0 Å². The molecule has 138 valence electrons. The number of esters is 1. The molecule has 1 aliphatic heterocycles. The number of nitrogens with two attached hydrogens (primary N) is 1. The number of nitrogens with zero attached hydrogens (tertiary/aromatic N) is 1. The smallest absolute Gasteiger partial charge is 0.312 e. The molecule has 2 saturated carbocycles. The quantitative estimate of drug-likeness (QED) is 0.777. The molecule has 0 aromatic carbocycles. The van der Waals surface area contributed by atoms with Crippen molar-refractivity contribution in [2.75, 3.05) is 39.5 Å². The molecule has 3 rings (SSSR count). The monoisotopic (exact) mass is 338 g/mol. The lowest BCUT2D eigenvalue weighted by molar-refractivity contribution is -0.168. The predicted octanol–water partition coefficient (Wildman–Crippen LogP) is 2.04. The van der Waals surface area contributed by atoms with Crippen molar-refractivity contribution in [2.45, 2.75) is 52.5 Å². The third kappa shape index (κ3) is 2.20. The average Bonchev–Trinajstić information content (AvgIpc) is 2.89. The summed E-state index contributed by atoms with van der Waals surface area (Å²) in [6, 6.07) is 0. The maximum Gasteiger partial charge on any atom is 0.312 e. The molecule has 2 N–H and O–H groups in total. The molecule has 3 fully saturated rings. The van der Waals surface area contributed by atoms with Crippen LogP contribution in [0.5, 0.6) is 0 Å². The summed E-state index contributed by atoms with van der Waals surface area (Å²) in [6.45, 7) is 13.1. The molecule has 2 bridgehead atoms. The molecule has 1 heterocycles. The molecular weight excluding hydrogens is 304 g/mol. The predicted molar refractivity (Wildman–Crippen MR) is 93.5 cm³/mol. The van der Waals surface area contributed by atoms with E-state index in [-0.39, 0.29) is 28.3 Å². The maximum absolute atomic E-state index is 12.9. The minimum atomic E-state index is -0.259. The van der Waals surface area contributed by atoms with Gasteiger partial charge in [-0.15, -0.1) is 0 Å². The van der Waals surface area contributed by atoms with E-state index in [1.165, 1.54) is 6.42 Å². The van der Waals surface area contributed by atoms with Gasteiger partial charge in [-0.25, -0.2) is 0 Å². The number of hydrogen-bond donors (Lipinski definition) is 1. The molecule has 3 aliphatic rings. The van der Waals surface area contributed by atoms with E-state index in [1.54, 1.807) is 0 Å². The molecule has 0 spiro atoms. The first kappa shape index (κ1) is 18.2. The molecule has 0 radical (unpaired) electrons. The minimum Gasteiger partial charge on any atom is -0.466 e. The molecule has 0 aromatic heterocycles. The third-order valence-corrected chi connectivity index (χ3v) is 7.91. The van der Waals surface area contributed by atoms with E-state index in [0.717, 1.165) is 39.1 Å². The number of ether oxygens (including phenoxy) is 2. The SMILES string of the molecule is CCOC(=O)[C@@H](CN)[C@@]1(N2CCOCC2)C[C@@H]2CC[C@]1(C)C2(C)C. The Balaban J connectivity index is 2.07. The highest BCUT2D eigenvalue weighted by molar-refractivity contribution is 5.75. The van der Waals surface area contributed by atoms with Gasteiger partial charge in [0.05, 0.1) is 25.7 Å². The summed E-state index contributed by atoms with van der Waals surface area (Å²) in [5.74, 6) is 0.273. The second-order valence-electron chi connectivity index (χ2n) is 8.56. The molecule has 0 aromatic rings. The van der Waals surface area contributed by atoms with E-state index < -0.39 is 0 Å². The Kier molecular flexibility index (Phi) is 4.73. The van der Waals surface area contributed by atoms with Crippen molar-refractivity contribution in [1.82, 2.24) is 4.90 Å². The Labute approximate surface area is 146 Å². The molecule has 4 atom stereocenters. The fraction of sp³-hybridized carbons (Fsp3) is 0.947. The van der Waals surface area contributed by atoms with Crippen molar-refractivity contribution in [3.05, 3.63) is 0 Å². The van der Waals surface area contributed by atoms with Crippen molar-refractivity contribution >= 4 is 5.97 Å². The number of hydrogen-bond acceptors (Lipinski definition) is 5. The lowest BCUT2D eigenvalue weighted by Crippen LogP contribution is -2.68. The van der Waals surface area contributed by atoms with Crippen LogP contribution in [-0.4, -0.2) is 55.9 Å². The highest BCUT2D eigenvalue weighted by Gasteiger charge is 2.73. The number of rotatable bonds is 5.